The Morgan fingerprint density at radius 1 is 1.73 bits per heavy atom. The van der Waals surface area contributed by atoms with E-state index in [1.807, 2.05) is 11.9 Å². The molecule has 0 bridgehead atoms. The van der Waals surface area contributed by atoms with Gasteiger partial charge in [-0.1, -0.05) is 12.2 Å². The van der Waals surface area contributed by atoms with E-state index >= 15 is 0 Å². The highest BCUT2D eigenvalue weighted by Gasteiger charge is 2.02. The lowest BCUT2D eigenvalue weighted by atomic mass is 10.3. The number of aliphatic hydroxyl groups is 1. The molecule has 0 aromatic rings. The van der Waals surface area contributed by atoms with Crippen LogP contribution in [0.25, 0.3) is 0 Å². The lowest BCUT2D eigenvalue weighted by Crippen LogP contribution is -2.30. The molecule has 0 radical (unpaired) electrons. The van der Waals surface area contributed by atoms with Crippen molar-refractivity contribution in [2.75, 3.05) is 20.1 Å². The first-order chi connectivity index (χ1) is 5.02. The predicted molar refractivity (Wildman–Crippen MR) is 50.6 cm³/mol. The molecule has 0 spiro atoms. The van der Waals surface area contributed by atoms with Gasteiger partial charge in [0, 0.05) is 19.5 Å². The summed E-state index contributed by atoms with van der Waals surface area (Å²) in [5, 5.41) is 8.98. The third-order valence-electron chi connectivity index (χ3n) is 1.32. The van der Waals surface area contributed by atoms with Crippen molar-refractivity contribution in [1.29, 1.82) is 0 Å². The van der Waals surface area contributed by atoms with Gasteiger partial charge >= 0.3 is 0 Å². The Hall–Kier alpha value is -0.190. The van der Waals surface area contributed by atoms with Gasteiger partial charge in [-0.05, 0) is 14.0 Å². The normalized spacial score (nSPS) is 13.5. The molecule has 0 heterocycles. The predicted octanol–water partition coefficient (Wildman–Crippen LogP) is -0.0248. The number of rotatable bonds is 5. The molecule has 1 unspecified atom stereocenters. The van der Waals surface area contributed by atoms with Gasteiger partial charge in [0.15, 0.2) is 0 Å². The summed E-state index contributed by atoms with van der Waals surface area (Å²) in [5.74, 6) is 0. The van der Waals surface area contributed by atoms with Gasteiger partial charge in [0.1, 0.15) is 0 Å². The smallest absolute Gasteiger partial charge is 0.0740 e. The summed E-state index contributed by atoms with van der Waals surface area (Å²) in [5.41, 5.74) is 5.31. The number of hydrogen-bond acceptors (Lipinski definition) is 3. The summed E-state index contributed by atoms with van der Waals surface area (Å²) in [6, 6.07) is 0. The summed E-state index contributed by atoms with van der Waals surface area (Å²) >= 11 is 4.72. The minimum Gasteiger partial charge on any atom is -0.393 e. The zero-order chi connectivity index (χ0) is 8.85. The first-order valence-corrected chi connectivity index (χ1v) is 4.08. The fourth-order valence-corrected chi connectivity index (χ4v) is 0.935. The highest BCUT2D eigenvalue weighted by Crippen LogP contribution is 1.90. The number of nitrogens with two attached hydrogens (primary N) is 1. The van der Waals surface area contributed by atoms with E-state index in [0.717, 1.165) is 13.0 Å². The molecule has 0 saturated heterocycles. The quantitative estimate of drug-likeness (QED) is 0.578. The molecular weight excluding hydrogens is 160 g/mol. The Labute approximate surface area is 73.2 Å². The van der Waals surface area contributed by atoms with E-state index in [-0.39, 0.29) is 6.10 Å². The largest absolute Gasteiger partial charge is 0.393 e. The Bertz CT molecular complexity index is 128. The molecule has 0 aromatic heterocycles. The van der Waals surface area contributed by atoms with E-state index in [1.54, 1.807) is 6.92 Å². The summed E-state index contributed by atoms with van der Waals surface area (Å²) in [7, 11) is 1.94. The molecule has 0 amide bonds. The van der Waals surface area contributed by atoms with Gasteiger partial charge < -0.3 is 15.7 Å². The first-order valence-electron chi connectivity index (χ1n) is 3.67. The van der Waals surface area contributed by atoms with Crippen LogP contribution in [0.5, 0.6) is 0 Å². The molecule has 3 nitrogen and oxygen atoms in total. The molecule has 66 valence electrons. The van der Waals surface area contributed by atoms with Gasteiger partial charge in [0.05, 0.1) is 11.1 Å². The van der Waals surface area contributed by atoms with Crippen molar-refractivity contribution in [2.24, 2.45) is 5.73 Å². The van der Waals surface area contributed by atoms with Crippen LogP contribution >= 0.6 is 12.2 Å². The first kappa shape index (κ1) is 10.8. The molecule has 1 atom stereocenters. The van der Waals surface area contributed by atoms with Crippen molar-refractivity contribution >= 4 is 17.2 Å². The fraction of sp³-hybridized carbons (Fsp3) is 0.857. The number of hydrogen-bond donors (Lipinski definition) is 2. The van der Waals surface area contributed by atoms with E-state index in [1.165, 1.54) is 0 Å². The Balaban J connectivity index is 3.37. The minimum atomic E-state index is -0.286. The molecule has 0 aromatic carbocycles. The van der Waals surface area contributed by atoms with Crippen molar-refractivity contribution in [3.05, 3.63) is 0 Å². The van der Waals surface area contributed by atoms with Gasteiger partial charge in [-0.25, -0.2) is 0 Å². The van der Waals surface area contributed by atoms with Crippen molar-refractivity contribution in [1.82, 2.24) is 4.90 Å². The van der Waals surface area contributed by atoms with Gasteiger partial charge in [-0.2, -0.15) is 0 Å². The molecular formula is C7H16N2OS. The van der Waals surface area contributed by atoms with Crippen LogP contribution in [0.3, 0.4) is 0 Å². The highest BCUT2D eigenvalue weighted by atomic mass is 32.1. The zero-order valence-electron chi connectivity index (χ0n) is 7.08. The lowest BCUT2D eigenvalue weighted by molar-refractivity contribution is 0.143. The summed E-state index contributed by atoms with van der Waals surface area (Å²) in [6.45, 7) is 3.25. The van der Waals surface area contributed by atoms with Crippen molar-refractivity contribution in [2.45, 2.75) is 19.4 Å². The average Bonchev–Trinajstić information content (AvgIpc) is 1.82. The van der Waals surface area contributed by atoms with E-state index < -0.39 is 0 Å². The number of thiocarbonyl (C=S) groups is 1. The van der Waals surface area contributed by atoms with Gasteiger partial charge in [-0.15, -0.1) is 0 Å². The van der Waals surface area contributed by atoms with Crippen LogP contribution in [0, 0.1) is 0 Å². The number of likely N-dealkylation sites (N-methyl/N-ethyl adjacent to an activating group) is 1. The van der Waals surface area contributed by atoms with Crippen LogP contribution in [-0.2, 0) is 0 Å². The molecule has 0 rings (SSSR count). The fourth-order valence-electron chi connectivity index (χ4n) is 0.843. The van der Waals surface area contributed by atoms with E-state index in [4.69, 9.17) is 23.1 Å². The minimum absolute atomic E-state index is 0.286. The molecule has 11 heavy (non-hydrogen) atoms. The van der Waals surface area contributed by atoms with Crippen molar-refractivity contribution in [3.63, 3.8) is 0 Å². The van der Waals surface area contributed by atoms with Crippen LogP contribution in [0.15, 0.2) is 0 Å². The molecule has 4 heteroatoms. The van der Waals surface area contributed by atoms with Crippen molar-refractivity contribution in [3.8, 4) is 0 Å². The third kappa shape index (κ3) is 7.71. The molecule has 0 aliphatic carbocycles. The SMILES string of the molecule is CC(O)CN(C)CCC(N)=S. The van der Waals surface area contributed by atoms with Gasteiger partial charge in [0.2, 0.25) is 0 Å². The monoisotopic (exact) mass is 176 g/mol. The Morgan fingerprint density at radius 2 is 2.27 bits per heavy atom. The maximum Gasteiger partial charge on any atom is 0.0740 e. The standard InChI is InChI=1S/C7H16N2OS/c1-6(10)5-9(2)4-3-7(8)11/h6,10H,3-5H2,1-2H3,(H2,8,11). The summed E-state index contributed by atoms with van der Waals surface area (Å²) in [6.07, 6.45) is 0.435. The molecule has 0 aliphatic heterocycles. The maximum atomic E-state index is 8.98. The Kier molecular flexibility index (Phi) is 5.36. The second-order valence-corrected chi connectivity index (χ2v) is 3.35. The van der Waals surface area contributed by atoms with Crippen LogP contribution in [-0.4, -0.2) is 41.2 Å². The van der Waals surface area contributed by atoms with Crippen LogP contribution in [0.4, 0.5) is 0 Å². The summed E-state index contributed by atoms with van der Waals surface area (Å²) < 4.78 is 0. The van der Waals surface area contributed by atoms with Crippen molar-refractivity contribution < 1.29 is 5.11 Å². The van der Waals surface area contributed by atoms with Gasteiger partial charge in [0.25, 0.3) is 0 Å². The summed E-state index contributed by atoms with van der Waals surface area (Å²) in [4.78, 5) is 2.53. The topological polar surface area (TPSA) is 49.5 Å². The van der Waals surface area contributed by atoms with Gasteiger partial charge in [-0.3, -0.25) is 0 Å². The number of nitrogens with zero attached hydrogens (tertiary/aromatic N) is 1. The Morgan fingerprint density at radius 3 is 2.64 bits per heavy atom. The molecule has 0 saturated carbocycles. The number of aliphatic hydroxyl groups excluding tert-OH is 1. The van der Waals surface area contributed by atoms with E-state index in [2.05, 4.69) is 0 Å². The molecule has 3 N–H and O–H groups in total. The molecule has 0 fully saturated rings. The highest BCUT2D eigenvalue weighted by molar-refractivity contribution is 7.80. The second kappa shape index (κ2) is 5.46. The van der Waals surface area contributed by atoms with Crippen LogP contribution in [0.1, 0.15) is 13.3 Å². The second-order valence-electron chi connectivity index (χ2n) is 2.83. The van der Waals surface area contributed by atoms with Crippen LogP contribution < -0.4 is 5.73 Å². The van der Waals surface area contributed by atoms with Crippen LogP contribution in [0.2, 0.25) is 0 Å². The van der Waals surface area contributed by atoms with E-state index in [0.29, 0.717) is 11.5 Å². The zero-order valence-corrected chi connectivity index (χ0v) is 7.90. The maximum absolute atomic E-state index is 8.98. The third-order valence-corrected chi connectivity index (χ3v) is 1.52. The lowest BCUT2D eigenvalue weighted by Gasteiger charge is -2.17. The molecule has 0 aliphatic rings. The van der Waals surface area contributed by atoms with E-state index in [9.17, 15) is 0 Å². The average molecular weight is 176 g/mol.